The van der Waals surface area contributed by atoms with Gasteiger partial charge < -0.3 is 4.74 Å². The molecule has 0 N–H and O–H groups in total. The zero-order valence-electron chi connectivity index (χ0n) is 13.4. The second-order valence-electron chi connectivity index (χ2n) is 5.41. The summed E-state index contributed by atoms with van der Waals surface area (Å²) in [5.74, 6) is 0.812. The Morgan fingerprint density at radius 2 is 1.75 bits per heavy atom. The van der Waals surface area contributed by atoms with Gasteiger partial charge in [0.1, 0.15) is 5.75 Å². The maximum atomic E-state index is 12.9. The van der Waals surface area contributed by atoms with Crippen molar-refractivity contribution in [3.8, 4) is 5.75 Å². The van der Waals surface area contributed by atoms with E-state index in [9.17, 15) is 4.79 Å². The minimum absolute atomic E-state index is 0.118. The van der Waals surface area contributed by atoms with E-state index in [2.05, 4.69) is 25.7 Å². The van der Waals surface area contributed by atoms with E-state index in [-0.39, 0.29) is 5.78 Å². The second-order valence-corrected chi connectivity index (χ2v) is 5.41. The molecule has 0 radical (unpaired) electrons. The molecule has 0 unspecified atom stereocenters. The van der Waals surface area contributed by atoms with Gasteiger partial charge in [0.2, 0.25) is 0 Å². The van der Waals surface area contributed by atoms with Crippen LogP contribution >= 0.6 is 0 Å². The van der Waals surface area contributed by atoms with E-state index in [1.165, 1.54) is 0 Å². The average molecular weight is 277 g/mol. The molecule has 0 aliphatic heterocycles. The van der Waals surface area contributed by atoms with Gasteiger partial charge in [0.25, 0.3) is 0 Å². The van der Waals surface area contributed by atoms with Gasteiger partial charge in [-0.05, 0) is 45.5 Å². The highest BCUT2D eigenvalue weighted by Crippen LogP contribution is 2.26. The highest BCUT2D eigenvalue weighted by molar-refractivity contribution is 6.04. The van der Waals surface area contributed by atoms with Crippen LogP contribution in [-0.2, 0) is 0 Å². The molecule has 0 spiro atoms. The summed E-state index contributed by atoms with van der Waals surface area (Å²) in [4.78, 5) is 15.1. The van der Waals surface area contributed by atoms with E-state index in [0.717, 1.165) is 19.5 Å². The van der Waals surface area contributed by atoms with Gasteiger partial charge in [-0.15, -0.1) is 0 Å². The Morgan fingerprint density at radius 3 is 2.30 bits per heavy atom. The lowest BCUT2D eigenvalue weighted by molar-refractivity contribution is 0.0664. The average Bonchev–Trinajstić information content (AvgIpc) is 2.45. The Bertz CT molecular complexity index is 436. The molecule has 0 atom stereocenters. The number of nitrogens with zero attached hydrogens (tertiary/aromatic N) is 1. The van der Waals surface area contributed by atoms with E-state index >= 15 is 0 Å². The first-order valence-electron chi connectivity index (χ1n) is 7.50. The van der Waals surface area contributed by atoms with Crippen LogP contribution in [-0.4, -0.2) is 35.9 Å². The number of carbonyl (C=O) groups is 1. The Labute approximate surface area is 122 Å². The highest BCUT2D eigenvalue weighted by Gasteiger charge is 2.34. The standard InChI is InChI=1S/C17H27NO2/c1-6-13-20-15-12-10-9-11-14(15)16(19)17(4,5)18(7-2)8-3/h9-12H,6-8,13H2,1-5H3. The molecular formula is C17H27NO2. The van der Waals surface area contributed by atoms with Crippen LogP contribution in [0.2, 0.25) is 0 Å². The SMILES string of the molecule is CCCOc1ccccc1C(=O)C(C)(C)N(CC)CC. The Balaban J connectivity index is 3.07. The molecule has 0 fully saturated rings. The number of carbonyl (C=O) groups excluding carboxylic acids is 1. The molecule has 3 nitrogen and oxygen atoms in total. The van der Waals surface area contributed by atoms with Crippen LogP contribution in [0.4, 0.5) is 0 Å². The Kier molecular flexibility index (Phi) is 6.21. The number of ether oxygens (including phenoxy) is 1. The number of benzene rings is 1. The van der Waals surface area contributed by atoms with Gasteiger partial charge in [-0.3, -0.25) is 9.69 Å². The summed E-state index contributed by atoms with van der Waals surface area (Å²) in [5, 5.41) is 0. The molecular weight excluding hydrogens is 250 g/mol. The molecule has 0 bridgehead atoms. The third-order valence-corrected chi connectivity index (χ3v) is 3.70. The van der Waals surface area contributed by atoms with Crippen molar-refractivity contribution in [2.75, 3.05) is 19.7 Å². The van der Waals surface area contributed by atoms with Crippen molar-refractivity contribution in [3.63, 3.8) is 0 Å². The molecule has 1 aromatic carbocycles. The smallest absolute Gasteiger partial charge is 0.186 e. The van der Waals surface area contributed by atoms with Crippen LogP contribution in [0.15, 0.2) is 24.3 Å². The minimum Gasteiger partial charge on any atom is -0.493 e. The van der Waals surface area contributed by atoms with Crippen LogP contribution in [0.5, 0.6) is 5.75 Å². The minimum atomic E-state index is -0.519. The monoisotopic (exact) mass is 277 g/mol. The van der Waals surface area contributed by atoms with Crippen molar-refractivity contribution in [2.24, 2.45) is 0 Å². The number of para-hydroxylation sites is 1. The Hall–Kier alpha value is -1.35. The third kappa shape index (κ3) is 3.60. The normalized spacial score (nSPS) is 11.7. The second kappa shape index (κ2) is 7.44. The van der Waals surface area contributed by atoms with Crippen molar-refractivity contribution < 1.29 is 9.53 Å². The molecule has 0 saturated carbocycles. The lowest BCUT2D eigenvalue weighted by atomic mass is 9.90. The summed E-state index contributed by atoms with van der Waals surface area (Å²) in [6.07, 6.45) is 0.933. The summed E-state index contributed by atoms with van der Waals surface area (Å²) in [6, 6.07) is 7.54. The lowest BCUT2D eigenvalue weighted by Gasteiger charge is -2.36. The number of hydrogen-bond donors (Lipinski definition) is 0. The number of likely N-dealkylation sites (N-methyl/N-ethyl adjacent to an activating group) is 1. The predicted octanol–water partition coefficient (Wildman–Crippen LogP) is 3.78. The molecule has 0 amide bonds. The molecule has 0 saturated heterocycles. The van der Waals surface area contributed by atoms with E-state index in [4.69, 9.17) is 4.74 Å². The highest BCUT2D eigenvalue weighted by atomic mass is 16.5. The summed E-state index contributed by atoms with van der Waals surface area (Å²) < 4.78 is 5.71. The van der Waals surface area contributed by atoms with Gasteiger partial charge in [0.05, 0.1) is 17.7 Å². The van der Waals surface area contributed by atoms with Crippen molar-refractivity contribution in [3.05, 3.63) is 29.8 Å². The zero-order valence-corrected chi connectivity index (χ0v) is 13.4. The molecule has 0 aliphatic rings. The number of hydrogen-bond acceptors (Lipinski definition) is 3. The van der Waals surface area contributed by atoms with Gasteiger partial charge in [-0.1, -0.05) is 32.9 Å². The zero-order chi connectivity index (χ0) is 15.2. The first-order valence-corrected chi connectivity index (χ1v) is 7.50. The molecule has 1 rings (SSSR count). The maximum Gasteiger partial charge on any atom is 0.186 e. The largest absolute Gasteiger partial charge is 0.493 e. The molecule has 20 heavy (non-hydrogen) atoms. The summed E-state index contributed by atoms with van der Waals surface area (Å²) >= 11 is 0. The number of ketones is 1. The van der Waals surface area contributed by atoms with Crippen LogP contribution in [0, 0.1) is 0 Å². The fourth-order valence-electron chi connectivity index (χ4n) is 2.48. The van der Waals surface area contributed by atoms with E-state index in [0.29, 0.717) is 17.9 Å². The predicted molar refractivity (Wildman–Crippen MR) is 83.6 cm³/mol. The summed E-state index contributed by atoms with van der Waals surface area (Å²) in [7, 11) is 0. The van der Waals surface area contributed by atoms with Gasteiger partial charge >= 0.3 is 0 Å². The molecule has 3 heteroatoms. The van der Waals surface area contributed by atoms with Gasteiger partial charge in [-0.2, -0.15) is 0 Å². The first kappa shape index (κ1) is 16.7. The first-order chi connectivity index (χ1) is 9.48. The fourth-order valence-corrected chi connectivity index (χ4v) is 2.48. The molecule has 0 heterocycles. The van der Waals surface area contributed by atoms with Crippen LogP contribution in [0.1, 0.15) is 51.4 Å². The van der Waals surface area contributed by atoms with Crippen molar-refractivity contribution in [1.82, 2.24) is 4.90 Å². The van der Waals surface area contributed by atoms with Gasteiger partial charge in [0, 0.05) is 0 Å². The molecule has 0 aliphatic carbocycles. The fraction of sp³-hybridized carbons (Fsp3) is 0.588. The summed E-state index contributed by atoms with van der Waals surface area (Å²) in [6.45, 7) is 12.5. The van der Waals surface area contributed by atoms with E-state index in [1.807, 2.05) is 38.1 Å². The quantitative estimate of drug-likeness (QED) is 0.677. The summed E-state index contributed by atoms with van der Waals surface area (Å²) in [5.41, 5.74) is 0.160. The topological polar surface area (TPSA) is 29.5 Å². The van der Waals surface area contributed by atoms with Crippen LogP contribution in [0.3, 0.4) is 0 Å². The van der Waals surface area contributed by atoms with Gasteiger partial charge in [0.15, 0.2) is 5.78 Å². The molecule has 1 aromatic rings. The van der Waals surface area contributed by atoms with Crippen LogP contribution in [0.25, 0.3) is 0 Å². The molecule has 0 aromatic heterocycles. The number of Topliss-reactive ketones (excluding diaryl/α,β-unsaturated/α-hetero) is 1. The number of rotatable bonds is 8. The Morgan fingerprint density at radius 1 is 1.15 bits per heavy atom. The van der Waals surface area contributed by atoms with E-state index < -0.39 is 5.54 Å². The molecule has 112 valence electrons. The lowest BCUT2D eigenvalue weighted by Crippen LogP contribution is -2.50. The van der Waals surface area contributed by atoms with Crippen molar-refractivity contribution >= 4 is 5.78 Å². The van der Waals surface area contributed by atoms with E-state index in [1.54, 1.807) is 0 Å². The van der Waals surface area contributed by atoms with Crippen molar-refractivity contribution in [1.29, 1.82) is 0 Å². The van der Waals surface area contributed by atoms with Gasteiger partial charge in [-0.25, -0.2) is 0 Å². The maximum absolute atomic E-state index is 12.9. The third-order valence-electron chi connectivity index (χ3n) is 3.70. The van der Waals surface area contributed by atoms with Crippen LogP contribution < -0.4 is 4.74 Å². The van der Waals surface area contributed by atoms with Crippen molar-refractivity contribution in [2.45, 2.75) is 46.6 Å².